The maximum absolute atomic E-state index is 12.5. The predicted octanol–water partition coefficient (Wildman–Crippen LogP) is 3.65. The predicted molar refractivity (Wildman–Crippen MR) is 71.0 cm³/mol. The van der Waals surface area contributed by atoms with Gasteiger partial charge in [-0.25, -0.2) is 0 Å². The fourth-order valence-corrected chi connectivity index (χ4v) is 2.86. The Morgan fingerprint density at radius 3 is 2.10 bits per heavy atom. The molecule has 0 amide bonds. The molecule has 0 spiro atoms. The standard InChI is InChI=1S/C15H20F3NO/c16-15(17,18)12-8-6-10(7-9-12)13(19)14(20)11-4-2-1-3-5-11/h6-9,11,13-14,20H,1-5,19H2/t13-,14+/m1/s1. The third-order valence-electron chi connectivity index (χ3n) is 4.12. The number of aliphatic hydroxyl groups excluding tert-OH is 1. The lowest BCUT2D eigenvalue weighted by Crippen LogP contribution is -2.34. The zero-order valence-corrected chi connectivity index (χ0v) is 11.2. The first-order valence-electron chi connectivity index (χ1n) is 7.00. The van der Waals surface area contributed by atoms with E-state index in [4.69, 9.17) is 5.73 Å². The summed E-state index contributed by atoms with van der Waals surface area (Å²) >= 11 is 0. The number of hydrogen-bond donors (Lipinski definition) is 2. The van der Waals surface area contributed by atoms with Crippen LogP contribution in [0.3, 0.4) is 0 Å². The van der Waals surface area contributed by atoms with E-state index in [-0.39, 0.29) is 5.92 Å². The van der Waals surface area contributed by atoms with Gasteiger partial charge in [0.05, 0.1) is 17.7 Å². The van der Waals surface area contributed by atoms with Crippen LogP contribution in [-0.2, 0) is 6.18 Å². The minimum absolute atomic E-state index is 0.154. The Kier molecular flexibility index (Phi) is 4.70. The molecule has 2 rings (SSSR count). The summed E-state index contributed by atoms with van der Waals surface area (Å²) in [5.41, 5.74) is 5.86. The van der Waals surface area contributed by atoms with Gasteiger partial charge in [-0.15, -0.1) is 0 Å². The van der Waals surface area contributed by atoms with E-state index in [2.05, 4.69) is 0 Å². The molecule has 0 unspecified atom stereocenters. The molecule has 0 aliphatic heterocycles. The van der Waals surface area contributed by atoms with Crippen molar-refractivity contribution in [3.05, 3.63) is 35.4 Å². The smallest absolute Gasteiger partial charge is 0.391 e. The van der Waals surface area contributed by atoms with Gasteiger partial charge < -0.3 is 10.8 Å². The van der Waals surface area contributed by atoms with Gasteiger partial charge in [-0.1, -0.05) is 31.4 Å². The van der Waals surface area contributed by atoms with Crippen LogP contribution in [0.15, 0.2) is 24.3 Å². The minimum atomic E-state index is -4.34. The van der Waals surface area contributed by atoms with Crippen molar-refractivity contribution in [2.75, 3.05) is 0 Å². The van der Waals surface area contributed by atoms with Gasteiger partial charge in [-0.3, -0.25) is 0 Å². The molecule has 2 nitrogen and oxygen atoms in total. The number of benzene rings is 1. The van der Waals surface area contributed by atoms with E-state index in [0.717, 1.165) is 37.8 Å². The Bertz CT molecular complexity index is 424. The summed E-state index contributed by atoms with van der Waals surface area (Å²) in [5.74, 6) is 0.154. The fourth-order valence-electron chi connectivity index (χ4n) is 2.86. The number of hydrogen-bond acceptors (Lipinski definition) is 2. The molecule has 1 fully saturated rings. The summed E-state index contributed by atoms with van der Waals surface area (Å²) in [6, 6.07) is 4.13. The highest BCUT2D eigenvalue weighted by Crippen LogP contribution is 2.33. The van der Waals surface area contributed by atoms with Crippen molar-refractivity contribution in [1.29, 1.82) is 0 Å². The summed E-state index contributed by atoms with van der Waals surface area (Å²) in [6.45, 7) is 0. The molecule has 1 aromatic rings. The second kappa shape index (κ2) is 6.14. The van der Waals surface area contributed by atoms with Crippen molar-refractivity contribution in [2.45, 2.75) is 50.4 Å². The molecule has 1 aliphatic rings. The molecule has 0 saturated heterocycles. The molecule has 3 N–H and O–H groups in total. The molecule has 112 valence electrons. The van der Waals surface area contributed by atoms with Gasteiger partial charge in [-0.2, -0.15) is 13.2 Å². The lowest BCUT2D eigenvalue weighted by atomic mass is 9.81. The van der Waals surface area contributed by atoms with Crippen LogP contribution >= 0.6 is 0 Å². The third kappa shape index (κ3) is 3.52. The third-order valence-corrected chi connectivity index (χ3v) is 4.12. The zero-order valence-electron chi connectivity index (χ0n) is 11.2. The van der Waals surface area contributed by atoms with Gasteiger partial charge >= 0.3 is 6.18 Å². The van der Waals surface area contributed by atoms with Crippen molar-refractivity contribution < 1.29 is 18.3 Å². The second-order valence-electron chi connectivity index (χ2n) is 5.53. The second-order valence-corrected chi connectivity index (χ2v) is 5.53. The molecule has 0 heterocycles. The van der Waals surface area contributed by atoms with Gasteiger partial charge in [0, 0.05) is 0 Å². The minimum Gasteiger partial charge on any atom is -0.391 e. The van der Waals surface area contributed by atoms with Gasteiger partial charge in [0.2, 0.25) is 0 Å². The molecule has 0 radical (unpaired) electrons. The first kappa shape index (κ1) is 15.3. The Hall–Kier alpha value is -1.07. The summed E-state index contributed by atoms with van der Waals surface area (Å²) < 4.78 is 37.5. The van der Waals surface area contributed by atoms with Crippen molar-refractivity contribution in [2.24, 2.45) is 11.7 Å². The average molecular weight is 287 g/mol. The van der Waals surface area contributed by atoms with E-state index in [1.165, 1.54) is 18.6 Å². The van der Waals surface area contributed by atoms with E-state index in [1.54, 1.807) is 0 Å². The maximum atomic E-state index is 12.5. The normalized spacial score (nSPS) is 20.6. The van der Waals surface area contributed by atoms with E-state index < -0.39 is 23.9 Å². The van der Waals surface area contributed by atoms with Crippen LogP contribution in [-0.4, -0.2) is 11.2 Å². The molecular formula is C15H20F3NO. The molecular weight excluding hydrogens is 267 g/mol. The Balaban J connectivity index is 2.06. The topological polar surface area (TPSA) is 46.2 Å². The maximum Gasteiger partial charge on any atom is 0.416 e. The highest BCUT2D eigenvalue weighted by Gasteiger charge is 2.31. The molecule has 0 bridgehead atoms. The fraction of sp³-hybridized carbons (Fsp3) is 0.600. The molecule has 1 aliphatic carbocycles. The Morgan fingerprint density at radius 1 is 1.05 bits per heavy atom. The van der Waals surface area contributed by atoms with E-state index in [1.807, 2.05) is 0 Å². The molecule has 1 saturated carbocycles. The van der Waals surface area contributed by atoms with Crippen molar-refractivity contribution in [3.63, 3.8) is 0 Å². The first-order chi connectivity index (χ1) is 9.39. The van der Waals surface area contributed by atoms with E-state index in [0.29, 0.717) is 5.56 Å². The molecule has 20 heavy (non-hydrogen) atoms. The van der Waals surface area contributed by atoms with Crippen LogP contribution < -0.4 is 5.73 Å². The molecule has 5 heteroatoms. The van der Waals surface area contributed by atoms with Crippen LogP contribution in [0.1, 0.15) is 49.3 Å². The summed E-state index contributed by atoms with van der Waals surface area (Å²) in [6.07, 6.45) is 0.198. The zero-order chi connectivity index (χ0) is 14.8. The molecule has 2 atom stereocenters. The van der Waals surface area contributed by atoms with Crippen LogP contribution in [0.2, 0.25) is 0 Å². The van der Waals surface area contributed by atoms with Gasteiger partial charge in [0.25, 0.3) is 0 Å². The quantitative estimate of drug-likeness (QED) is 0.891. The van der Waals surface area contributed by atoms with Crippen LogP contribution in [0.4, 0.5) is 13.2 Å². The Morgan fingerprint density at radius 2 is 1.60 bits per heavy atom. The van der Waals surface area contributed by atoms with E-state index in [9.17, 15) is 18.3 Å². The van der Waals surface area contributed by atoms with Crippen molar-refractivity contribution in [1.82, 2.24) is 0 Å². The highest BCUT2D eigenvalue weighted by molar-refractivity contribution is 5.27. The van der Waals surface area contributed by atoms with Gasteiger partial charge in [0.15, 0.2) is 0 Å². The van der Waals surface area contributed by atoms with Crippen molar-refractivity contribution >= 4 is 0 Å². The van der Waals surface area contributed by atoms with Gasteiger partial charge in [0.1, 0.15) is 0 Å². The molecule has 0 aromatic heterocycles. The van der Waals surface area contributed by atoms with E-state index >= 15 is 0 Å². The largest absolute Gasteiger partial charge is 0.416 e. The lowest BCUT2D eigenvalue weighted by Gasteiger charge is -2.30. The SMILES string of the molecule is N[C@H](c1ccc(C(F)(F)F)cc1)[C@@H](O)C1CCCCC1. The summed E-state index contributed by atoms with van der Waals surface area (Å²) in [7, 11) is 0. The average Bonchev–Trinajstić information content (AvgIpc) is 2.46. The van der Waals surface area contributed by atoms with Crippen LogP contribution in [0, 0.1) is 5.92 Å². The van der Waals surface area contributed by atoms with Gasteiger partial charge in [-0.05, 0) is 36.5 Å². The van der Waals surface area contributed by atoms with Crippen LogP contribution in [0.25, 0.3) is 0 Å². The lowest BCUT2D eigenvalue weighted by molar-refractivity contribution is -0.137. The number of aliphatic hydroxyl groups is 1. The number of alkyl halides is 3. The summed E-state index contributed by atoms with van der Waals surface area (Å²) in [4.78, 5) is 0. The number of halogens is 3. The number of rotatable bonds is 3. The van der Waals surface area contributed by atoms with Crippen LogP contribution in [0.5, 0.6) is 0 Å². The monoisotopic (exact) mass is 287 g/mol. The molecule has 1 aromatic carbocycles. The number of nitrogens with two attached hydrogens (primary N) is 1. The summed E-state index contributed by atoms with van der Waals surface area (Å²) in [5, 5.41) is 10.3. The first-order valence-corrected chi connectivity index (χ1v) is 7.00. The Labute approximate surface area is 116 Å². The van der Waals surface area contributed by atoms with Crippen molar-refractivity contribution in [3.8, 4) is 0 Å². The highest BCUT2D eigenvalue weighted by atomic mass is 19.4.